The quantitative estimate of drug-likeness (QED) is 0.127. The van der Waals surface area contributed by atoms with E-state index < -0.39 is 0 Å². The average molecular weight is 981 g/mol. The zero-order chi connectivity index (χ0) is 37.9. The van der Waals surface area contributed by atoms with Crippen LogP contribution < -0.4 is 24.8 Å². The number of halogens is 4. The number of unbranched alkanes of at least 4 members (excludes halogenated alkanes) is 1. The Bertz CT molecular complexity index is 2320. The summed E-state index contributed by atoms with van der Waals surface area (Å²) < 4.78 is 3.86. The van der Waals surface area contributed by atoms with Crippen LogP contribution in [-0.2, 0) is 43.5 Å². The fourth-order valence-corrected chi connectivity index (χ4v) is 8.70. The number of hydrogen-bond donors (Lipinski definition) is 0. The molecule has 56 heavy (non-hydrogen) atoms. The Balaban J connectivity index is 0.000000236. The molecule has 0 atom stereocenters. The zero-order valence-corrected chi connectivity index (χ0v) is 39.3. The van der Waals surface area contributed by atoms with Gasteiger partial charge in [0.05, 0.1) is 0 Å². The van der Waals surface area contributed by atoms with Crippen LogP contribution >= 0.6 is 31.9 Å². The summed E-state index contributed by atoms with van der Waals surface area (Å²) in [5.74, 6) is 0. The van der Waals surface area contributed by atoms with Crippen LogP contribution in [0.25, 0.3) is 43.8 Å². The second-order valence-electron chi connectivity index (χ2n) is 14.0. The van der Waals surface area contributed by atoms with E-state index in [9.17, 15) is 0 Å². The largest absolute Gasteiger partial charge is 1.00 e. The minimum absolute atomic E-state index is 0. The van der Waals surface area contributed by atoms with Gasteiger partial charge in [0.1, 0.15) is 0 Å². The predicted molar refractivity (Wildman–Crippen MR) is 238 cm³/mol. The number of fused-ring (bicyclic) bond motifs is 3. The van der Waals surface area contributed by atoms with Gasteiger partial charge in [-0.15, -0.1) is 40.1 Å². The minimum atomic E-state index is 0. The standard InChI is InChI=1S/C31H29.C15H12Br2.C5H5.2ClH.Zr/c1-4-5-16-26-30-20-25-19-27(23-12-8-6-9-13-23)21(2)17-28(25)29(30)18-22(3)31(26)24-14-10-7-11-15-24;16-14-8-4-12(5-9-14)2-1-3-13-6-10-15(17)11-7-13;1-2-4-5-3-1;;;/h6-15,17-20H,4-5,16H2,1-3H3;4-11H,2-3H2;1-3H,4H2;2*1H;/q-1;;-1;;;+2/p-2. The molecule has 0 nitrogen and oxygen atoms in total. The van der Waals surface area contributed by atoms with Gasteiger partial charge in [-0.3, -0.25) is 6.08 Å². The van der Waals surface area contributed by atoms with Gasteiger partial charge in [-0.1, -0.05) is 116 Å². The van der Waals surface area contributed by atoms with Crippen molar-refractivity contribution in [3.05, 3.63) is 195 Å². The predicted octanol–water partition coefficient (Wildman–Crippen LogP) is 9.04. The third-order valence-electron chi connectivity index (χ3n) is 9.83. The zero-order valence-electron chi connectivity index (χ0n) is 32.2. The summed E-state index contributed by atoms with van der Waals surface area (Å²) in [7, 11) is 0. The summed E-state index contributed by atoms with van der Waals surface area (Å²) in [6.07, 6.45) is 15.7. The maximum absolute atomic E-state index is 3.47. The molecular formula is C51H46Br2Cl2Zr-2. The molecule has 7 aromatic carbocycles. The van der Waals surface area contributed by atoms with E-state index in [4.69, 9.17) is 0 Å². The van der Waals surface area contributed by atoms with Crippen LogP contribution in [0.4, 0.5) is 0 Å². The molecule has 0 unspecified atom stereocenters. The molecule has 0 spiro atoms. The topological polar surface area (TPSA) is 0 Å². The molecule has 7 aromatic rings. The molecule has 0 heterocycles. The molecule has 0 saturated heterocycles. The Labute approximate surface area is 378 Å². The van der Waals surface area contributed by atoms with Crippen LogP contribution in [0.2, 0.25) is 0 Å². The molecular weight excluding hydrogens is 934 g/mol. The van der Waals surface area contributed by atoms with Gasteiger partial charge >= 0.3 is 141 Å². The smallest absolute Gasteiger partial charge is 0.0253 e. The van der Waals surface area contributed by atoms with Gasteiger partial charge in [0.2, 0.25) is 0 Å². The molecule has 0 aliphatic heterocycles. The maximum Gasteiger partial charge on any atom is -0.0253 e. The summed E-state index contributed by atoms with van der Waals surface area (Å²) in [5, 5.41) is 5.56. The summed E-state index contributed by atoms with van der Waals surface area (Å²) in [5.41, 5.74) is 12.4. The summed E-state index contributed by atoms with van der Waals surface area (Å²) >= 11 is 8.46. The van der Waals surface area contributed by atoms with Crippen molar-refractivity contribution < 1.29 is 49.0 Å². The summed E-state index contributed by atoms with van der Waals surface area (Å²) in [4.78, 5) is 0. The van der Waals surface area contributed by atoms with Crippen molar-refractivity contribution in [2.24, 2.45) is 0 Å². The SMILES string of the molecule is Brc1ccc(C[C](=[Zr+2])Cc2ccc(Br)cc2)cc1.CCCCc1c(-c2ccccc2)c(C)cc2c1[cH-]c1cc(-c3ccccc3)c(C)cc12.[C-]1=CC=CC1.[Cl-].[Cl-]. The number of rotatable bonds is 9. The van der Waals surface area contributed by atoms with Gasteiger partial charge in [-0.2, -0.15) is 6.08 Å². The van der Waals surface area contributed by atoms with Crippen LogP contribution in [0.3, 0.4) is 0 Å². The van der Waals surface area contributed by atoms with E-state index >= 15 is 0 Å². The molecule has 0 radical (unpaired) electrons. The molecule has 0 amide bonds. The van der Waals surface area contributed by atoms with Crippen LogP contribution in [0.15, 0.2) is 161 Å². The van der Waals surface area contributed by atoms with Gasteiger partial charge < -0.3 is 24.8 Å². The van der Waals surface area contributed by atoms with E-state index in [-0.39, 0.29) is 24.8 Å². The van der Waals surface area contributed by atoms with Crippen molar-refractivity contribution >= 4 is 56.6 Å². The normalized spacial score (nSPS) is 11.3. The van der Waals surface area contributed by atoms with Gasteiger partial charge in [0.25, 0.3) is 0 Å². The van der Waals surface area contributed by atoms with E-state index in [2.05, 4.69) is 198 Å². The van der Waals surface area contributed by atoms with Crippen molar-refractivity contribution in [1.82, 2.24) is 0 Å². The van der Waals surface area contributed by atoms with Gasteiger partial charge in [-0.05, 0) is 36.1 Å². The van der Waals surface area contributed by atoms with Crippen LogP contribution in [0.5, 0.6) is 0 Å². The molecule has 1 aliphatic carbocycles. The van der Waals surface area contributed by atoms with Crippen molar-refractivity contribution in [3.63, 3.8) is 0 Å². The third-order valence-corrected chi connectivity index (χ3v) is 11.8. The Kier molecular flexibility index (Phi) is 18.6. The van der Waals surface area contributed by atoms with Crippen LogP contribution in [0, 0.1) is 19.9 Å². The van der Waals surface area contributed by atoms with E-state index in [1.54, 1.807) is 3.21 Å². The first-order valence-corrected chi connectivity index (χ1v) is 21.7. The number of aryl methyl sites for hydroxylation is 3. The van der Waals surface area contributed by atoms with E-state index in [1.807, 2.05) is 12.2 Å². The van der Waals surface area contributed by atoms with Crippen molar-refractivity contribution in [3.8, 4) is 22.3 Å². The van der Waals surface area contributed by atoms with Gasteiger partial charge in [0, 0.05) is 0 Å². The van der Waals surface area contributed by atoms with Crippen molar-refractivity contribution in [2.75, 3.05) is 0 Å². The first kappa shape index (κ1) is 45.7. The molecule has 0 N–H and O–H groups in total. The van der Waals surface area contributed by atoms with Crippen molar-refractivity contribution in [1.29, 1.82) is 0 Å². The molecule has 5 heteroatoms. The molecule has 0 saturated carbocycles. The van der Waals surface area contributed by atoms with Crippen molar-refractivity contribution in [2.45, 2.75) is 59.3 Å². The average Bonchev–Trinajstić information content (AvgIpc) is 3.89. The Morgan fingerprint density at radius 3 is 1.75 bits per heavy atom. The fourth-order valence-electron chi connectivity index (χ4n) is 7.17. The molecule has 8 rings (SSSR count). The molecule has 1 aliphatic rings. The van der Waals surface area contributed by atoms with E-state index in [1.165, 1.54) is 109 Å². The van der Waals surface area contributed by atoms with E-state index in [0.717, 1.165) is 34.6 Å². The van der Waals surface area contributed by atoms with E-state index in [0.29, 0.717) is 0 Å². The number of hydrogen-bond acceptors (Lipinski definition) is 0. The Morgan fingerprint density at radius 1 is 0.696 bits per heavy atom. The minimum Gasteiger partial charge on any atom is -1.00 e. The number of benzene rings is 6. The van der Waals surface area contributed by atoms with Crippen LogP contribution in [0.1, 0.15) is 54.0 Å². The maximum atomic E-state index is 3.47. The van der Waals surface area contributed by atoms with Gasteiger partial charge in [0.15, 0.2) is 0 Å². The molecule has 0 bridgehead atoms. The molecule has 0 aromatic heterocycles. The number of allylic oxidation sites excluding steroid dienone is 4. The molecule has 284 valence electrons. The Morgan fingerprint density at radius 2 is 1.25 bits per heavy atom. The molecule has 0 fully saturated rings. The first-order chi connectivity index (χ1) is 26.3. The van der Waals surface area contributed by atoms with Gasteiger partial charge in [-0.25, -0.2) is 12.2 Å². The monoisotopic (exact) mass is 976 g/mol. The second-order valence-corrected chi connectivity index (χ2v) is 17.5. The first-order valence-electron chi connectivity index (χ1n) is 18.8. The fraction of sp³-hybridized carbons (Fsp3) is 0.176. The second kappa shape index (κ2) is 22.8. The van der Waals surface area contributed by atoms with Crippen LogP contribution in [-0.4, -0.2) is 3.21 Å². The summed E-state index contributed by atoms with van der Waals surface area (Å²) in [6, 6.07) is 48.5. The third kappa shape index (κ3) is 12.2. The Hall–Kier alpha value is -3.04. The summed E-state index contributed by atoms with van der Waals surface area (Å²) in [6.45, 7) is 6.80.